The van der Waals surface area contributed by atoms with Crippen molar-refractivity contribution >= 4 is 27.2 Å². The predicted octanol–water partition coefficient (Wildman–Crippen LogP) is -0.247. The Bertz CT molecular complexity index is 426. The molecule has 0 radical (unpaired) electrons. The minimum atomic E-state index is -3.58. The van der Waals surface area contributed by atoms with Gasteiger partial charge in [-0.05, 0) is 6.42 Å². The Balaban J connectivity index is 2.86. The van der Waals surface area contributed by atoms with Crippen LogP contribution in [0.2, 0.25) is 0 Å². The first-order valence-electron chi connectivity index (χ1n) is 4.27. The molecular formula is C7H12N4O2S2. The summed E-state index contributed by atoms with van der Waals surface area (Å²) in [6.07, 6.45) is 3.01. The SMILES string of the molecule is CCC(NS(=O)(=O)c1cn[nH]c1)C(N)=S. The minimum absolute atomic E-state index is 0.0669. The lowest BCUT2D eigenvalue weighted by molar-refractivity contribution is 0.572. The van der Waals surface area contributed by atoms with Crippen LogP contribution in [0.5, 0.6) is 0 Å². The summed E-state index contributed by atoms with van der Waals surface area (Å²) in [5.41, 5.74) is 5.39. The molecule has 1 atom stereocenters. The van der Waals surface area contributed by atoms with Crippen LogP contribution in [0.1, 0.15) is 13.3 Å². The largest absolute Gasteiger partial charge is 0.392 e. The topological polar surface area (TPSA) is 101 Å². The fourth-order valence-corrected chi connectivity index (χ4v) is 2.49. The van der Waals surface area contributed by atoms with Gasteiger partial charge in [0, 0.05) is 6.20 Å². The highest BCUT2D eigenvalue weighted by molar-refractivity contribution is 7.89. The van der Waals surface area contributed by atoms with E-state index in [-0.39, 0.29) is 9.88 Å². The Hall–Kier alpha value is -0.990. The standard InChI is InChI=1S/C7H12N4O2S2/c1-2-6(7(8)14)11-15(12,13)5-3-9-10-4-5/h3-4,6,11H,2H2,1H3,(H2,8,14)(H,9,10). The van der Waals surface area contributed by atoms with Gasteiger partial charge in [-0.15, -0.1) is 0 Å². The first-order chi connectivity index (χ1) is 6.97. The van der Waals surface area contributed by atoms with Gasteiger partial charge < -0.3 is 5.73 Å². The van der Waals surface area contributed by atoms with Crippen molar-refractivity contribution in [2.45, 2.75) is 24.3 Å². The van der Waals surface area contributed by atoms with Gasteiger partial charge in [0.15, 0.2) is 0 Å². The molecule has 84 valence electrons. The van der Waals surface area contributed by atoms with Gasteiger partial charge in [0.2, 0.25) is 10.0 Å². The molecule has 0 spiro atoms. The summed E-state index contributed by atoms with van der Waals surface area (Å²) in [4.78, 5) is 0.196. The number of hydrogen-bond acceptors (Lipinski definition) is 4. The molecule has 1 aromatic rings. The van der Waals surface area contributed by atoms with Gasteiger partial charge in [0.1, 0.15) is 4.90 Å². The summed E-state index contributed by atoms with van der Waals surface area (Å²) >= 11 is 4.74. The number of aromatic amines is 1. The predicted molar refractivity (Wildman–Crippen MR) is 59.8 cm³/mol. The molecule has 0 amide bonds. The van der Waals surface area contributed by atoms with E-state index in [9.17, 15) is 8.42 Å². The van der Waals surface area contributed by atoms with E-state index in [4.69, 9.17) is 18.0 Å². The number of nitrogens with one attached hydrogen (secondary N) is 2. The lowest BCUT2D eigenvalue weighted by Crippen LogP contribution is -2.42. The number of H-pyrrole nitrogens is 1. The normalized spacial score (nSPS) is 13.7. The fourth-order valence-electron chi connectivity index (χ4n) is 0.984. The molecule has 0 saturated heterocycles. The molecule has 0 saturated carbocycles. The van der Waals surface area contributed by atoms with E-state index in [2.05, 4.69) is 14.9 Å². The molecule has 0 fully saturated rings. The van der Waals surface area contributed by atoms with E-state index in [1.54, 1.807) is 6.92 Å². The van der Waals surface area contributed by atoms with Crippen molar-refractivity contribution in [3.05, 3.63) is 12.4 Å². The molecule has 8 heteroatoms. The zero-order chi connectivity index (χ0) is 11.5. The molecule has 0 aliphatic heterocycles. The second-order valence-corrected chi connectivity index (χ2v) is 5.10. The van der Waals surface area contributed by atoms with E-state index in [0.717, 1.165) is 0 Å². The van der Waals surface area contributed by atoms with Crippen molar-refractivity contribution in [2.75, 3.05) is 0 Å². The van der Waals surface area contributed by atoms with Gasteiger partial charge in [-0.25, -0.2) is 13.1 Å². The number of hydrogen-bond donors (Lipinski definition) is 3. The summed E-state index contributed by atoms with van der Waals surface area (Å²) in [6.45, 7) is 1.79. The van der Waals surface area contributed by atoms with E-state index >= 15 is 0 Å². The maximum absolute atomic E-state index is 11.7. The van der Waals surface area contributed by atoms with Crippen molar-refractivity contribution in [3.8, 4) is 0 Å². The molecule has 1 aromatic heterocycles. The van der Waals surface area contributed by atoms with Crippen LogP contribution in [0.15, 0.2) is 17.3 Å². The zero-order valence-corrected chi connectivity index (χ0v) is 9.73. The summed E-state index contributed by atoms with van der Waals surface area (Å²) in [7, 11) is -3.58. The van der Waals surface area contributed by atoms with Gasteiger partial charge in [-0.2, -0.15) is 5.10 Å². The second kappa shape index (κ2) is 4.69. The van der Waals surface area contributed by atoms with E-state index in [1.807, 2.05) is 0 Å². The molecule has 1 heterocycles. The van der Waals surface area contributed by atoms with Gasteiger partial charge in [-0.3, -0.25) is 5.10 Å². The number of nitrogens with zero attached hydrogens (tertiary/aromatic N) is 1. The monoisotopic (exact) mass is 248 g/mol. The van der Waals surface area contributed by atoms with Crippen LogP contribution < -0.4 is 10.5 Å². The van der Waals surface area contributed by atoms with Gasteiger partial charge >= 0.3 is 0 Å². The third-order valence-corrected chi connectivity index (χ3v) is 3.56. The molecule has 0 aliphatic carbocycles. The third-order valence-electron chi connectivity index (χ3n) is 1.83. The first kappa shape index (κ1) is 12.1. The van der Waals surface area contributed by atoms with Crippen molar-refractivity contribution < 1.29 is 8.42 Å². The van der Waals surface area contributed by atoms with Crippen molar-refractivity contribution in [3.63, 3.8) is 0 Å². The molecular weight excluding hydrogens is 236 g/mol. The van der Waals surface area contributed by atoms with Crippen molar-refractivity contribution in [1.29, 1.82) is 0 Å². The highest BCUT2D eigenvalue weighted by Crippen LogP contribution is 2.06. The molecule has 1 rings (SSSR count). The summed E-state index contributed by atoms with van der Waals surface area (Å²) in [5.74, 6) is 0. The van der Waals surface area contributed by atoms with Gasteiger partial charge in [0.25, 0.3) is 0 Å². The number of sulfonamides is 1. The maximum atomic E-state index is 11.7. The fraction of sp³-hybridized carbons (Fsp3) is 0.429. The smallest absolute Gasteiger partial charge is 0.244 e. The number of thiocarbonyl (C=S) groups is 1. The van der Waals surface area contributed by atoms with Crippen LogP contribution in [0.4, 0.5) is 0 Å². The summed E-state index contributed by atoms with van der Waals surface area (Å²) in [6, 6.07) is -0.528. The quantitative estimate of drug-likeness (QED) is 0.624. The molecule has 6 nitrogen and oxygen atoms in total. The molecule has 0 aromatic carbocycles. The zero-order valence-electron chi connectivity index (χ0n) is 8.10. The van der Waals surface area contributed by atoms with Crippen molar-refractivity contribution in [1.82, 2.24) is 14.9 Å². The average molecular weight is 248 g/mol. The van der Waals surface area contributed by atoms with Crippen LogP contribution in [-0.4, -0.2) is 29.6 Å². The molecule has 0 aliphatic rings. The highest BCUT2D eigenvalue weighted by Gasteiger charge is 2.21. The average Bonchev–Trinajstić information content (AvgIpc) is 2.67. The van der Waals surface area contributed by atoms with E-state index in [0.29, 0.717) is 6.42 Å². The number of nitrogens with two attached hydrogens (primary N) is 1. The maximum Gasteiger partial charge on any atom is 0.244 e. The Labute approximate surface area is 93.3 Å². The van der Waals surface area contributed by atoms with Crippen LogP contribution in [0, 0.1) is 0 Å². The molecule has 0 bridgehead atoms. The highest BCUT2D eigenvalue weighted by atomic mass is 32.2. The molecule has 4 N–H and O–H groups in total. The number of aromatic nitrogens is 2. The van der Waals surface area contributed by atoms with Crippen LogP contribution >= 0.6 is 12.2 Å². The second-order valence-electron chi connectivity index (χ2n) is 2.92. The Morgan fingerprint density at radius 3 is 2.87 bits per heavy atom. The number of rotatable bonds is 5. The summed E-state index contributed by atoms with van der Waals surface area (Å²) in [5, 5.41) is 5.98. The van der Waals surface area contributed by atoms with Crippen LogP contribution in [0.25, 0.3) is 0 Å². The van der Waals surface area contributed by atoms with E-state index < -0.39 is 16.1 Å². The van der Waals surface area contributed by atoms with Crippen LogP contribution in [0.3, 0.4) is 0 Å². The third kappa shape index (κ3) is 2.98. The Morgan fingerprint density at radius 2 is 2.47 bits per heavy atom. The first-order valence-corrected chi connectivity index (χ1v) is 6.17. The van der Waals surface area contributed by atoms with Gasteiger partial charge in [0.05, 0.1) is 17.2 Å². The van der Waals surface area contributed by atoms with Crippen molar-refractivity contribution in [2.24, 2.45) is 5.73 Å². The van der Waals surface area contributed by atoms with E-state index in [1.165, 1.54) is 12.4 Å². The van der Waals surface area contributed by atoms with Crippen LogP contribution in [-0.2, 0) is 10.0 Å². The minimum Gasteiger partial charge on any atom is -0.392 e. The summed E-state index contributed by atoms with van der Waals surface area (Å²) < 4.78 is 25.8. The molecule has 15 heavy (non-hydrogen) atoms. The lowest BCUT2D eigenvalue weighted by Gasteiger charge is -2.14. The lowest BCUT2D eigenvalue weighted by atomic mass is 10.2. The van der Waals surface area contributed by atoms with Gasteiger partial charge in [-0.1, -0.05) is 19.1 Å². The molecule has 1 unspecified atom stereocenters. The Kier molecular flexibility index (Phi) is 3.77. The Morgan fingerprint density at radius 1 is 1.80 bits per heavy atom.